The fraction of sp³-hybridized carbons (Fsp3) is 1.00. The normalized spacial score (nSPS) is 9.67. The zero-order valence-electron chi connectivity index (χ0n) is 14.8. The van der Waals surface area contributed by atoms with Crippen molar-refractivity contribution in [2.24, 2.45) is 11.8 Å². The summed E-state index contributed by atoms with van der Waals surface area (Å²) in [5.74, 6) is 1.74. The lowest BCUT2D eigenvalue weighted by atomic mass is 10.1. The summed E-state index contributed by atoms with van der Waals surface area (Å²) in [5.41, 5.74) is 0. The quantitative estimate of drug-likeness (QED) is 0.415. The molecule has 0 rings (SSSR count). The maximum atomic E-state index is 2.27. The Bertz CT molecular complexity index is 95.9. The van der Waals surface area contributed by atoms with E-state index in [4.69, 9.17) is 0 Å². The van der Waals surface area contributed by atoms with Gasteiger partial charge >= 0.3 is 0 Å². The van der Waals surface area contributed by atoms with Gasteiger partial charge in [0.1, 0.15) is 0 Å². The van der Waals surface area contributed by atoms with Crippen molar-refractivity contribution in [3.63, 3.8) is 0 Å². The minimum Gasteiger partial charge on any atom is -0.0654 e. The molecule has 0 nitrogen and oxygen atoms in total. The van der Waals surface area contributed by atoms with Crippen LogP contribution in [0.4, 0.5) is 0 Å². The van der Waals surface area contributed by atoms with Gasteiger partial charge in [-0.25, -0.2) is 0 Å². The molecule has 0 radical (unpaired) electrons. The molecule has 0 bridgehead atoms. The van der Waals surface area contributed by atoms with Crippen LogP contribution in [0, 0.1) is 11.8 Å². The van der Waals surface area contributed by atoms with Gasteiger partial charge in [-0.2, -0.15) is 0 Å². The summed E-state index contributed by atoms with van der Waals surface area (Å²) in [5, 5.41) is 0. The molecule has 0 atom stereocenters. The summed E-state index contributed by atoms with van der Waals surface area (Å²) in [7, 11) is 0. The smallest absolute Gasteiger partial charge is 0.0471 e. The Hall–Kier alpha value is 0. The fourth-order valence-electron chi connectivity index (χ4n) is 1.29. The molecule has 0 fully saturated rings. The van der Waals surface area contributed by atoms with Crippen LogP contribution in [0.2, 0.25) is 0 Å². The van der Waals surface area contributed by atoms with E-state index in [-0.39, 0.29) is 0 Å². The number of hydrogen-bond acceptors (Lipinski definition) is 0. The summed E-state index contributed by atoms with van der Waals surface area (Å²) in [6.45, 7) is 17.8. The molecule has 0 saturated heterocycles. The molecule has 0 heterocycles. The van der Waals surface area contributed by atoms with Gasteiger partial charge in [0.05, 0.1) is 0 Å². The zero-order chi connectivity index (χ0) is 14.8. The van der Waals surface area contributed by atoms with Crippen LogP contribution in [0.3, 0.4) is 0 Å². The molecule has 0 aliphatic carbocycles. The highest BCUT2D eigenvalue weighted by Crippen LogP contribution is 2.04. The molecule has 0 unspecified atom stereocenters. The van der Waals surface area contributed by atoms with Crippen molar-refractivity contribution in [3.05, 3.63) is 0 Å². The van der Waals surface area contributed by atoms with Gasteiger partial charge in [-0.15, -0.1) is 0 Å². The fourth-order valence-corrected chi connectivity index (χ4v) is 1.29. The lowest BCUT2D eigenvalue weighted by Crippen LogP contribution is -1.83. The van der Waals surface area contributed by atoms with Crippen LogP contribution in [-0.4, -0.2) is 0 Å². The molecule has 0 aromatic carbocycles. The van der Waals surface area contributed by atoms with Gasteiger partial charge < -0.3 is 0 Å². The Labute approximate surface area is 119 Å². The molecule has 0 heteroatoms. The predicted octanol–water partition coefficient (Wildman–Crippen LogP) is 7.47. The summed E-state index contributed by atoms with van der Waals surface area (Å²) < 4.78 is 0. The first-order valence-electron chi connectivity index (χ1n) is 8.42. The van der Waals surface area contributed by atoms with E-state index in [1.54, 1.807) is 0 Å². The van der Waals surface area contributed by atoms with Crippen LogP contribution in [0.15, 0.2) is 0 Å². The molecule has 0 spiro atoms. The van der Waals surface area contributed by atoms with E-state index in [9.17, 15) is 0 Å². The summed E-state index contributed by atoms with van der Waals surface area (Å²) in [4.78, 5) is 0. The van der Waals surface area contributed by atoms with Crippen molar-refractivity contribution in [1.29, 1.82) is 0 Å². The van der Waals surface area contributed by atoms with E-state index in [1.165, 1.54) is 51.4 Å². The Morgan fingerprint density at radius 2 is 0.889 bits per heavy atom. The van der Waals surface area contributed by atoms with E-state index < -0.39 is 0 Å². The molecule has 0 saturated carbocycles. The van der Waals surface area contributed by atoms with Gasteiger partial charge in [0.15, 0.2) is 0 Å². The molecule has 0 N–H and O–H groups in total. The van der Waals surface area contributed by atoms with Gasteiger partial charge in [-0.05, 0) is 11.8 Å². The number of rotatable bonds is 7. The molecular formula is C18H42. The largest absolute Gasteiger partial charge is 0.0654 e. The van der Waals surface area contributed by atoms with Gasteiger partial charge in [0.25, 0.3) is 0 Å². The van der Waals surface area contributed by atoms with Crippen LogP contribution in [0.25, 0.3) is 0 Å². The molecule has 0 aliphatic heterocycles. The van der Waals surface area contributed by atoms with E-state index >= 15 is 0 Å². The second kappa shape index (κ2) is 22.2. The first-order chi connectivity index (χ1) is 8.42. The van der Waals surface area contributed by atoms with Crippen LogP contribution >= 0.6 is 0 Å². The van der Waals surface area contributed by atoms with Crippen molar-refractivity contribution in [1.82, 2.24) is 0 Å². The third-order valence-electron chi connectivity index (χ3n) is 2.34. The highest BCUT2D eigenvalue weighted by Gasteiger charge is 1.88. The topological polar surface area (TPSA) is 0 Å². The third-order valence-corrected chi connectivity index (χ3v) is 2.34. The first-order valence-corrected chi connectivity index (χ1v) is 8.42. The minimum atomic E-state index is 0.833. The van der Waals surface area contributed by atoms with Gasteiger partial charge in [0.2, 0.25) is 0 Å². The van der Waals surface area contributed by atoms with E-state index in [0.717, 1.165) is 11.8 Å². The zero-order valence-corrected chi connectivity index (χ0v) is 14.8. The van der Waals surface area contributed by atoms with Crippen LogP contribution in [0.1, 0.15) is 107 Å². The van der Waals surface area contributed by atoms with Crippen molar-refractivity contribution < 1.29 is 0 Å². The lowest BCUT2D eigenvalue weighted by Gasteiger charge is -1.98. The second-order valence-electron chi connectivity index (χ2n) is 6.33. The maximum Gasteiger partial charge on any atom is -0.0471 e. The highest BCUT2D eigenvalue weighted by atomic mass is 13.9. The van der Waals surface area contributed by atoms with Gasteiger partial charge in [-0.1, -0.05) is 107 Å². The summed E-state index contributed by atoms with van der Waals surface area (Å²) in [6.07, 6.45) is 11.2. The van der Waals surface area contributed by atoms with Crippen LogP contribution < -0.4 is 0 Å². The Morgan fingerprint density at radius 3 is 1.06 bits per heavy atom. The predicted molar refractivity (Wildman–Crippen MR) is 89.3 cm³/mol. The molecule has 0 aromatic heterocycles. The van der Waals surface area contributed by atoms with Crippen LogP contribution in [-0.2, 0) is 0 Å². The molecule has 18 heavy (non-hydrogen) atoms. The van der Waals surface area contributed by atoms with Crippen molar-refractivity contribution in [3.8, 4) is 0 Å². The van der Waals surface area contributed by atoms with E-state index in [0.29, 0.717) is 0 Å². The molecule has 0 aliphatic rings. The number of hydrogen-bond donors (Lipinski definition) is 0. The highest BCUT2D eigenvalue weighted by molar-refractivity contribution is 4.42. The SMILES string of the molecule is CC(C)C.CCCCC(C)C.CCCCCCC. The molecule has 0 amide bonds. The lowest BCUT2D eigenvalue weighted by molar-refractivity contribution is 0.550. The van der Waals surface area contributed by atoms with Crippen molar-refractivity contribution in [2.75, 3.05) is 0 Å². The second-order valence-corrected chi connectivity index (χ2v) is 6.33. The number of unbranched alkanes of at least 4 members (excludes halogenated alkanes) is 5. The molecular weight excluding hydrogens is 216 g/mol. The van der Waals surface area contributed by atoms with Crippen LogP contribution in [0.5, 0.6) is 0 Å². The summed E-state index contributed by atoms with van der Waals surface area (Å²) >= 11 is 0. The Morgan fingerprint density at radius 1 is 0.556 bits per heavy atom. The van der Waals surface area contributed by atoms with Crippen molar-refractivity contribution in [2.45, 2.75) is 107 Å². The molecule has 114 valence electrons. The summed E-state index contributed by atoms with van der Waals surface area (Å²) in [6, 6.07) is 0. The monoisotopic (exact) mass is 258 g/mol. The van der Waals surface area contributed by atoms with Crippen molar-refractivity contribution >= 4 is 0 Å². The average Bonchev–Trinajstić information content (AvgIpc) is 2.27. The average molecular weight is 259 g/mol. The van der Waals surface area contributed by atoms with Gasteiger partial charge in [-0.3, -0.25) is 0 Å². The first kappa shape index (κ1) is 23.1. The standard InChI is InChI=1S/2C7H16.C4H10/c1-4-5-6-7(2)3;1-3-5-7-6-4-2;1-4(2)3/h7H,4-6H2,1-3H3;3-7H2,1-2H3;4H,1-3H3. The minimum absolute atomic E-state index is 0.833. The van der Waals surface area contributed by atoms with E-state index in [2.05, 4.69) is 55.4 Å². The maximum absolute atomic E-state index is 2.27. The van der Waals surface area contributed by atoms with Gasteiger partial charge in [0, 0.05) is 0 Å². The Balaban J connectivity index is -0.000000196. The molecule has 0 aromatic rings. The van der Waals surface area contributed by atoms with E-state index in [1.807, 2.05) is 0 Å². The Kier molecular flexibility index (Phi) is 28.5. The third kappa shape index (κ3) is 56.2.